The number of hydrogen-bond donors (Lipinski definition) is 2. The molecule has 1 fully saturated rings. The van der Waals surface area contributed by atoms with Crippen molar-refractivity contribution in [3.63, 3.8) is 0 Å². The van der Waals surface area contributed by atoms with Crippen LogP contribution in [0.15, 0.2) is 24.3 Å². The van der Waals surface area contributed by atoms with E-state index in [1.54, 1.807) is 18.2 Å². The van der Waals surface area contributed by atoms with E-state index >= 15 is 0 Å². The van der Waals surface area contributed by atoms with Gasteiger partial charge in [-0.15, -0.1) is 0 Å². The van der Waals surface area contributed by atoms with Crippen LogP contribution in [0.2, 0.25) is 0 Å². The van der Waals surface area contributed by atoms with Crippen LogP contribution in [-0.4, -0.2) is 29.8 Å². The highest BCUT2D eigenvalue weighted by molar-refractivity contribution is 5.96. The van der Waals surface area contributed by atoms with E-state index in [0.29, 0.717) is 11.7 Å². The van der Waals surface area contributed by atoms with E-state index < -0.39 is 0 Å². The first-order chi connectivity index (χ1) is 9.16. The van der Waals surface area contributed by atoms with Gasteiger partial charge in [0.05, 0.1) is 11.7 Å². The topological polar surface area (TPSA) is 58.6 Å². The van der Waals surface area contributed by atoms with Gasteiger partial charge in [-0.1, -0.05) is 12.1 Å². The van der Waals surface area contributed by atoms with E-state index in [-0.39, 0.29) is 17.7 Å². The first kappa shape index (κ1) is 13.9. The van der Waals surface area contributed by atoms with E-state index in [4.69, 9.17) is 4.74 Å². The third-order valence-electron chi connectivity index (χ3n) is 3.47. The van der Waals surface area contributed by atoms with Crippen LogP contribution < -0.4 is 5.32 Å². The lowest BCUT2D eigenvalue weighted by molar-refractivity contribution is 0.0897. The molecule has 2 atom stereocenters. The molecule has 104 valence electrons. The normalized spacial score (nSPS) is 20.2. The Hall–Kier alpha value is -1.55. The average molecular weight is 263 g/mol. The molecule has 0 radical (unpaired) electrons. The van der Waals surface area contributed by atoms with Crippen molar-refractivity contribution in [2.45, 2.75) is 44.8 Å². The number of benzene rings is 1. The van der Waals surface area contributed by atoms with Gasteiger partial charge in [0.1, 0.15) is 5.75 Å². The summed E-state index contributed by atoms with van der Waals surface area (Å²) in [6.07, 6.45) is 4.49. The second-order valence-electron chi connectivity index (χ2n) is 5.10. The van der Waals surface area contributed by atoms with E-state index in [2.05, 4.69) is 5.32 Å². The molecule has 0 aliphatic carbocycles. The molecule has 4 nitrogen and oxygen atoms in total. The SMILES string of the molecule is C[C@@H](CC[C@H]1CCCO1)NC(=O)c1ccccc1O. The Bertz CT molecular complexity index is 427. The highest BCUT2D eigenvalue weighted by Crippen LogP contribution is 2.18. The number of nitrogens with one attached hydrogen (secondary N) is 1. The molecule has 1 aromatic rings. The number of ether oxygens (including phenoxy) is 1. The Morgan fingerprint density at radius 2 is 2.32 bits per heavy atom. The number of carbonyl (C=O) groups excluding carboxylic acids is 1. The van der Waals surface area contributed by atoms with Crippen molar-refractivity contribution in [3.05, 3.63) is 29.8 Å². The van der Waals surface area contributed by atoms with Crippen molar-refractivity contribution in [1.82, 2.24) is 5.32 Å². The van der Waals surface area contributed by atoms with Gasteiger partial charge in [0, 0.05) is 12.6 Å². The monoisotopic (exact) mass is 263 g/mol. The van der Waals surface area contributed by atoms with Crippen LogP contribution in [-0.2, 0) is 4.74 Å². The van der Waals surface area contributed by atoms with Gasteiger partial charge in [-0.2, -0.15) is 0 Å². The fourth-order valence-electron chi connectivity index (χ4n) is 2.35. The zero-order chi connectivity index (χ0) is 13.7. The highest BCUT2D eigenvalue weighted by Gasteiger charge is 2.18. The molecule has 1 aliphatic rings. The molecule has 2 N–H and O–H groups in total. The molecule has 1 aliphatic heterocycles. The minimum Gasteiger partial charge on any atom is -0.507 e. The Morgan fingerprint density at radius 3 is 3.00 bits per heavy atom. The summed E-state index contributed by atoms with van der Waals surface area (Å²) >= 11 is 0. The molecule has 2 rings (SSSR count). The number of para-hydroxylation sites is 1. The van der Waals surface area contributed by atoms with Crippen LogP contribution in [0.4, 0.5) is 0 Å². The largest absolute Gasteiger partial charge is 0.507 e. The first-order valence-electron chi connectivity index (χ1n) is 6.87. The van der Waals surface area contributed by atoms with Crippen LogP contribution in [0.1, 0.15) is 43.0 Å². The van der Waals surface area contributed by atoms with Crippen molar-refractivity contribution >= 4 is 5.91 Å². The average Bonchev–Trinajstić information content (AvgIpc) is 2.90. The molecule has 4 heteroatoms. The number of phenols is 1. The number of carbonyl (C=O) groups is 1. The van der Waals surface area contributed by atoms with Gasteiger partial charge in [-0.25, -0.2) is 0 Å². The van der Waals surface area contributed by atoms with Crippen molar-refractivity contribution in [2.24, 2.45) is 0 Å². The summed E-state index contributed by atoms with van der Waals surface area (Å²) in [5.74, 6) is -0.204. The Kier molecular flexibility index (Phi) is 4.80. The Balaban J connectivity index is 1.79. The summed E-state index contributed by atoms with van der Waals surface area (Å²) in [5, 5.41) is 12.5. The molecule has 1 heterocycles. The van der Waals surface area contributed by atoms with Crippen LogP contribution in [0.25, 0.3) is 0 Å². The molecular weight excluding hydrogens is 242 g/mol. The van der Waals surface area contributed by atoms with Crippen molar-refractivity contribution in [3.8, 4) is 5.75 Å². The second kappa shape index (κ2) is 6.57. The summed E-state index contributed by atoms with van der Waals surface area (Å²) in [7, 11) is 0. The van der Waals surface area contributed by atoms with E-state index in [1.165, 1.54) is 6.07 Å². The molecule has 1 aromatic carbocycles. The fraction of sp³-hybridized carbons (Fsp3) is 0.533. The minimum absolute atomic E-state index is 0.0197. The third-order valence-corrected chi connectivity index (χ3v) is 3.47. The van der Waals surface area contributed by atoms with Crippen LogP contribution in [0.5, 0.6) is 5.75 Å². The Labute approximate surface area is 113 Å². The number of phenolic OH excluding ortho intramolecular Hbond substituents is 1. The van der Waals surface area contributed by atoms with Gasteiger partial charge < -0.3 is 15.2 Å². The highest BCUT2D eigenvalue weighted by atomic mass is 16.5. The quantitative estimate of drug-likeness (QED) is 0.858. The molecule has 0 unspecified atom stereocenters. The molecule has 0 bridgehead atoms. The molecule has 0 spiro atoms. The fourth-order valence-corrected chi connectivity index (χ4v) is 2.35. The van der Waals surface area contributed by atoms with Gasteiger partial charge in [-0.05, 0) is 44.7 Å². The summed E-state index contributed by atoms with van der Waals surface area (Å²) in [6.45, 7) is 2.84. The number of amides is 1. The first-order valence-corrected chi connectivity index (χ1v) is 6.87. The molecule has 1 saturated heterocycles. The number of rotatable bonds is 5. The van der Waals surface area contributed by atoms with Crippen molar-refractivity contribution in [2.75, 3.05) is 6.61 Å². The zero-order valence-corrected chi connectivity index (χ0v) is 11.3. The molecular formula is C15H21NO3. The molecule has 1 amide bonds. The Morgan fingerprint density at radius 1 is 1.53 bits per heavy atom. The summed E-state index contributed by atoms with van der Waals surface area (Å²) < 4.78 is 5.56. The van der Waals surface area contributed by atoms with E-state index in [9.17, 15) is 9.90 Å². The standard InChI is InChI=1S/C15H21NO3/c1-11(8-9-12-5-4-10-19-12)16-15(18)13-6-2-3-7-14(13)17/h2-3,6-7,11-12,17H,4-5,8-10H2,1H3,(H,16,18)/t11-,12+/m0/s1. The maximum Gasteiger partial charge on any atom is 0.255 e. The van der Waals surface area contributed by atoms with Gasteiger partial charge in [0.15, 0.2) is 0 Å². The van der Waals surface area contributed by atoms with Gasteiger partial charge in [-0.3, -0.25) is 4.79 Å². The predicted octanol–water partition coefficient (Wildman–Crippen LogP) is 2.47. The summed E-state index contributed by atoms with van der Waals surface area (Å²) in [4.78, 5) is 12.0. The lowest BCUT2D eigenvalue weighted by Gasteiger charge is -2.16. The molecule has 0 saturated carbocycles. The van der Waals surface area contributed by atoms with Gasteiger partial charge in [0.25, 0.3) is 5.91 Å². The molecule has 0 aromatic heterocycles. The van der Waals surface area contributed by atoms with E-state index in [0.717, 1.165) is 32.3 Å². The van der Waals surface area contributed by atoms with Gasteiger partial charge >= 0.3 is 0 Å². The maximum absolute atomic E-state index is 12.0. The molecule has 19 heavy (non-hydrogen) atoms. The van der Waals surface area contributed by atoms with Crippen molar-refractivity contribution in [1.29, 1.82) is 0 Å². The summed E-state index contributed by atoms with van der Waals surface area (Å²) in [5.41, 5.74) is 0.325. The summed E-state index contributed by atoms with van der Waals surface area (Å²) in [6, 6.07) is 6.67. The number of hydrogen-bond acceptors (Lipinski definition) is 3. The second-order valence-corrected chi connectivity index (χ2v) is 5.10. The zero-order valence-electron chi connectivity index (χ0n) is 11.3. The third kappa shape index (κ3) is 3.96. The smallest absolute Gasteiger partial charge is 0.255 e. The van der Waals surface area contributed by atoms with Crippen LogP contribution in [0.3, 0.4) is 0 Å². The van der Waals surface area contributed by atoms with Crippen molar-refractivity contribution < 1.29 is 14.6 Å². The predicted molar refractivity (Wildman–Crippen MR) is 73.2 cm³/mol. The van der Waals surface area contributed by atoms with Gasteiger partial charge in [0.2, 0.25) is 0 Å². The van der Waals surface area contributed by atoms with Crippen LogP contribution in [0, 0.1) is 0 Å². The maximum atomic E-state index is 12.0. The van der Waals surface area contributed by atoms with Crippen LogP contribution >= 0.6 is 0 Å². The minimum atomic E-state index is -0.224. The lowest BCUT2D eigenvalue weighted by atomic mass is 10.1. The van der Waals surface area contributed by atoms with E-state index in [1.807, 2.05) is 6.92 Å². The lowest BCUT2D eigenvalue weighted by Crippen LogP contribution is -2.33. The number of aromatic hydroxyl groups is 1.